The molecular weight excluding hydrogens is 466 g/mol. The second-order valence-corrected chi connectivity index (χ2v) is 9.96. The number of carbonyl (C=O) groups excluding carboxylic acids is 2. The summed E-state index contributed by atoms with van der Waals surface area (Å²) in [6, 6.07) is 0. The average molecular weight is 496 g/mol. The quantitative estimate of drug-likeness (QED) is 0.315. The van der Waals surface area contributed by atoms with Gasteiger partial charge in [0.25, 0.3) is 5.91 Å². The number of carbonyl (C=O) groups is 2. The Balaban J connectivity index is 1.34. The van der Waals surface area contributed by atoms with E-state index in [1.54, 1.807) is 61.6 Å². The van der Waals surface area contributed by atoms with Gasteiger partial charge in [-0.15, -0.1) is 11.3 Å². The van der Waals surface area contributed by atoms with Gasteiger partial charge in [-0.1, -0.05) is 0 Å². The first-order valence-electron chi connectivity index (χ1n) is 11.3. The number of rotatable bonds is 8. The Morgan fingerprint density at radius 2 is 1.94 bits per heavy atom. The van der Waals surface area contributed by atoms with E-state index in [9.17, 15) is 9.59 Å². The predicted octanol–water partition coefficient (Wildman–Crippen LogP) is 2.53. The summed E-state index contributed by atoms with van der Waals surface area (Å²) in [6.45, 7) is 9.12. The molecule has 0 N–H and O–H groups in total. The minimum Gasteiger partial charge on any atom is -0.485 e. The van der Waals surface area contributed by atoms with Gasteiger partial charge in [-0.05, 0) is 32.7 Å². The smallest absolute Gasteiger partial charge is 0.268 e. The van der Waals surface area contributed by atoms with Crippen molar-refractivity contribution in [2.75, 3.05) is 43.5 Å². The molecule has 2 fully saturated rings. The highest BCUT2D eigenvalue weighted by molar-refractivity contribution is 7.12. The van der Waals surface area contributed by atoms with Crippen LogP contribution in [0.15, 0.2) is 41.5 Å². The van der Waals surface area contributed by atoms with Crippen LogP contribution in [-0.4, -0.2) is 78.2 Å². The van der Waals surface area contributed by atoms with Crippen LogP contribution in [-0.2, 0) is 14.3 Å². The van der Waals surface area contributed by atoms with Gasteiger partial charge in [0.2, 0.25) is 11.9 Å². The molecule has 2 aliphatic rings. The summed E-state index contributed by atoms with van der Waals surface area (Å²) in [5.74, 6) is 1.12. The SMILES string of the molecule is C=N/C(=C\C=C(/C)O[C@@H]1CCN(c2cnc(N3CC(C(=O)N(C)C)C3)nc2)C1=O)c1ncc(C)s1. The molecule has 2 aliphatic heterocycles. The summed E-state index contributed by atoms with van der Waals surface area (Å²) < 4.78 is 5.91. The molecule has 0 saturated carbocycles. The van der Waals surface area contributed by atoms with Crippen LogP contribution in [0.2, 0.25) is 0 Å². The maximum absolute atomic E-state index is 12.9. The zero-order chi connectivity index (χ0) is 25.1. The third-order valence-corrected chi connectivity index (χ3v) is 6.80. The summed E-state index contributed by atoms with van der Waals surface area (Å²) in [7, 11) is 3.51. The van der Waals surface area contributed by atoms with Crippen LogP contribution in [0.1, 0.15) is 23.2 Å². The van der Waals surface area contributed by atoms with Crippen molar-refractivity contribution in [1.82, 2.24) is 19.9 Å². The molecule has 2 aromatic rings. The van der Waals surface area contributed by atoms with Crippen molar-refractivity contribution in [3.8, 4) is 0 Å². The number of allylic oxidation sites excluding steroid dienone is 3. The van der Waals surface area contributed by atoms with E-state index < -0.39 is 6.10 Å². The van der Waals surface area contributed by atoms with Crippen molar-refractivity contribution in [3.05, 3.63) is 46.4 Å². The van der Waals surface area contributed by atoms with Crippen molar-refractivity contribution >= 4 is 47.2 Å². The van der Waals surface area contributed by atoms with Gasteiger partial charge >= 0.3 is 0 Å². The van der Waals surface area contributed by atoms with E-state index in [4.69, 9.17) is 4.74 Å². The lowest BCUT2D eigenvalue weighted by atomic mass is 9.99. The van der Waals surface area contributed by atoms with E-state index >= 15 is 0 Å². The Kier molecular flexibility index (Phi) is 7.25. The number of amides is 2. The molecule has 184 valence electrons. The predicted molar refractivity (Wildman–Crippen MR) is 136 cm³/mol. The van der Waals surface area contributed by atoms with Gasteiger partial charge in [-0.2, -0.15) is 0 Å². The van der Waals surface area contributed by atoms with Gasteiger partial charge in [0, 0.05) is 51.2 Å². The molecule has 35 heavy (non-hydrogen) atoms. The standard InChI is InChI=1S/C24H29N7O3S/c1-15(6-7-19(25-3)21-26-10-16(2)35-21)34-20-8-9-31(23(20)33)18-11-27-24(28-12-18)30-13-17(14-30)22(32)29(4)5/h6-7,10-12,17,20H,3,8-9,13-14H2,1-2,4-5H3/b15-6+,19-7-/t20-/m1/s1. The highest BCUT2D eigenvalue weighted by atomic mass is 32.1. The molecule has 1 atom stereocenters. The number of thiazole rings is 1. The molecule has 10 nitrogen and oxygen atoms in total. The van der Waals surface area contributed by atoms with Crippen LogP contribution >= 0.6 is 11.3 Å². The molecule has 0 bridgehead atoms. The van der Waals surface area contributed by atoms with Crippen LogP contribution in [0, 0.1) is 12.8 Å². The van der Waals surface area contributed by atoms with Crippen molar-refractivity contribution in [2.45, 2.75) is 26.4 Å². The van der Waals surface area contributed by atoms with E-state index in [1.165, 1.54) is 11.3 Å². The highest BCUT2D eigenvalue weighted by Gasteiger charge is 2.36. The van der Waals surface area contributed by atoms with Crippen LogP contribution < -0.4 is 9.80 Å². The normalized spacial score (nSPS) is 19.1. The Morgan fingerprint density at radius 3 is 2.54 bits per heavy atom. The fraction of sp³-hybridized carbons (Fsp3) is 0.417. The maximum Gasteiger partial charge on any atom is 0.268 e. The van der Waals surface area contributed by atoms with Crippen LogP contribution in [0.25, 0.3) is 5.70 Å². The van der Waals surface area contributed by atoms with E-state index in [1.807, 2.05) is 11.8 Å². The average Bonchev–Trinajstić information content (AvgIpc) is 3.39. The Bertz CT molecular complexity index is 1170. The number of aryl methyl sites for hydroxylation is 1. The Labute approximate surface area is 208 Å². The minimum atomic E-state index is -0.574. The molecule has 4 heterocycles. The summed E-state index contributed by atoms with van der Waals surface area (Å²) in [4.78, 5) is 48.4. The van der Waals surface area contributed by atoms with Crippen LogP contribution in [0.3, 0.4) is 0 Å². The molecule has 4 rings (SSSR count). The second-order valence-electron chi connectivity index (χ2n) is 8.72. The molecule has 0 aromatic carbocycles. The summed E-state index contributed by atoms with van der Waals surface area (Å²) in [5, 5.41) is 0.783. The Hall–Kier alpha value is -3.60. The largest absolute Gasteiger partial charge is 0.485 e. The lowest BCUT2D eigenvalue weighted by Crippen LogP contribution is -2.54. The molecule has 11 heteroatoms. The minimum absolute atomic E-state index is 0.0264. The number of ether oxygens (including phenoxy) is 1. The molecule has 0 radical (unpaired) electrons. The molecule has 2 saturated heterocycles. The first-order valence-corrected chi connectivity index (χ1v) is 12.1. The van der Waals surface area contributed by atoms with E-state index in [0.29, 0.717) is 49.1 Å². The van der Waals surface area contributed by atoms with Gasteiger partial charge in [0.05, 0.1) is 35.5 Å². The zero-order valence-corrected chi connectivity index (χ0v) is 21.2. The number of aliphatic imine (C=N–C) groups is 1. The molecular formula is C24H29N7O3S. The highest BCUT2D eigenvalue weighted by Crippen LogP contribution is 2.27. The fourth-order valence-electron chi connectivity index (χ4n) is 3.92. The fourth-order valence-corrected chi connectivity index (χ4v) is 4.68. The number of anilines is 2. The van der Waals surface area contributed by atoms with E-state index in [0.717, 1.165) is 9.88 Å². The van der Waals surface area contributed by atoms with Gasteiger partial charge in [-0.3, -0.25) is 14.6 Å². The molecule has 2 aromatic heterocycles. The van der Waals surface area contributed by atoms with Crippen molar-refractivity contribution in [3.63, 3.8) is 0 Å². The van der Waals surface area contributed by atoms with Crippen molar-refractivity contribution in [2.24, 2.45) is 10.9 Å². The molecule has 0 aliphatic carbocycles. The maximum atomic E-state index is 12.9. The zero-order valence-electron chi connectivity index (χ0n) is 20.3. The van der Waals surface area contributed by atoms with E-state index in [-0.39, 0.29) is 17.7 Å². The van der Waals surface area contributed by atoms with Crippen molar-refractivity contribution < 1.29 is 14.3 Å². The van der Waals surface area contributed by atoms with Gasteiger partial charge in [0.1, 0.15) is 5.01 Å². The monoisotopic (exact) mass is 495 g/mol. The first kappa shape index (κ1) is 24.5. The Morgan fingerprint density at radius 1 is 1.23 bits per heavy atom. The number of hydrogen-bond donors (Lipinski definition) is 0. The molecule has 2 amide bonds. The van der Waals surface area contributed by atoms with E-state index in [2.05, 4.69) is 26.7 Å². The topological polar surface area (TPSA) is 104 Å². The molecule has 0 unspecified atom stereocenters. The van der Waals surface area contributed by atoms with Gasteiger partial charge in [0.15, 0.2) is 6.10 Å². The summed E-state index contributed by atoms with van der Waals surface area (Å²) in [6.07, 6.45) is 8.64. The molecule has 0 spiro atoms. The summed E-state index contributed by atoms with van der Waals surface area (Å²) >= 11 is 1.54. The first-order chi connectivity index (χ1) is 16.8. The third-order valence-electron chi connectivity index (χ3n) is 5.86. The number of nitrogens with zero attached hydrogens (tertiary/aromatic N) is 7. The van der Waals surface area contributed by atoms with Gasteiger partial charge < -0.3 is 19.4 Å². The second kappa shape index (κ2) is 10.3. The van der Waals surface area contributed by atoms with Crippen LogP contribution in [0.4, 0.5) is 11.6 Å². The lowest BCUT2D eigenvalue weighted by Gasteiger charge is -2.39. The number of hydrogen-bond acceptors (Lipinski definition) is 9. The van der Waals surface area contributed by atoms with Crippen molar-refractivity contribution in [1.29, 1.82) is 0 Å². The summed E-state index contributed by atoms with van der Waals surface area (Å²) in [5.41, 5.74) is 1.28. The van der Waals surface area contributed by atoms with Crippen LogP contribution in [0.5, 0.6) is 0 Å². The third kappa shape index (κ3) is 5.40. The van der Waals surface area contributed by atoms with Gasteiger partial charge in [-0.25, -0.2) is 15.0 Å². The lowest BCUT2D eigenvalue weighted by molar-refractivity contribution is -0.133. The number of aromatic nitrogens is 3.